The molecule has 1 aliphatic rings. The van der Waals surface area contributed by atoms with Gasteiger partial charge in [-0.25, -0.2) is 4.98 Å². The van der Waals surface area contributed by atoms with Gasteiger partial charge >= 0.3 is 0 Å². The van der Waals surface area contributed by atoms with Crippen LogP contribution in [-0.2, 0) is 11.2 Å². The van der Waals surface area contributed by atoms with E-state index in [0.29, 0.717) is 12.3 Å². The molecule has 1 saturated heterocycles. The van der Waals surface area contributed by atoms with Crippen molar-refractivity contribution in [3.05, 3.63) is 29.7 Å². The van der Waals surface area contributed by atoms with Gasteiger partial charge in [0.25, 0.3) is 0 Å². The lowest BCUT2D eigenvalue weighted by atomic mass is 9.98. The van der Waals surface area contributed by atoms with Crippen LogP contribution < -0.4 is 0 Å². The number of aromatic nitrogens is 1. The maximum atomic E-state index is 12.2. The van der Waals surface area contributed by atoms with Crippen molar-refractivity contribution < 1.29 is 9.21 Å². The van der Waals surface area contributed by atoms with Crippen molar-refractivity contribution in [2.45, 2.75) is 39.5 Å². The molecule has 1 aromatic carbocycles. The normalized spacial score (nSPS) is 16.6. The first-order valence-electron chi connectivity index (χ1n) is 7.75. The van der Waals surface area contributed by atoms with E-state index in [1.807, 2.05) is 30.0 Å². The molecule has 0 atom stereocenters. The summed E-state index contributed by atoms with van der Waals surface area (Å²) in [6, 6.07) is 5.99. The number of carbonyl (C=O) groups is 1. The molecule has 4 nitrogen and oxygen atoms in total. The number of benzene rings is 1. The Labute approximate surface area is 125 Å². The van der Waals surface area contributed by atoms with E-state index in [-0.39, 0.29) is 5.91 Å². The summed E-state index contributed by atoms with van der Waals surface area (Å²) in [4.78, 5) is 18.6. The van der Waals surface area contributed by atoms with E-state index < -0.39 is 0 Å². The third kappa shape index (κ3) is 3.26. The summed E-state index contributed by atoms with van der Waals surface area (Å²) in [5.74, 6) is 1.71. The molecule has 0 aliphatic carbocycles. The van der Waals surface area contributed by atoms with Gasteiger partial charge in [-0.1, -0.05) is 13.0 Å². The molecule has 0 N–H and O–H groups in total. The Morgan fingerprint density at radius 3 is 2.90 bits per heavy atom. The molecule has 1 aliphatic heterocycles. The van der Waals surface area contributed by atoms with Crippen LogP contribution in [0.5, 0.6) is 0 Å². The van der Waals surface area contributed by atoms with Crippen LogP contribution in [0.3, 0.4) is 0 Å². The maximum Gasteiger partial charge on any atom is 0.222 e. The number of rotatable bonds is 3. The Kier molecular flexibility index (Phi) is 3.95. The predicted octanol–water partition coefficient (Wildman–Crippen LogP) is 3.33. The largest absolute Gasteiger partial charge is 0.441 e. The van der Waals surface area contributed by atoms with Crippen LogP contribution in [0.4, 0.5) is 0 Å². The van der Waals surface area contributed by atoms with E-state index in [2.05, 4.69) is 11.9 Å². The highest BCUT2D eigenvalue weighted by molar-refractivity contribution is 5.77. The molecule has 2 heterocycles. The van der Waals surface area contributed by atoms with Gasteiger partial charge in [-0.2, -0.15) is 0 Å². The fraction of sp³-hybridized carbons (Fsp3) is 0.529. The third-order valence-corrected chi connectivity index (χ3v) is 4.32. The lowest BCUT2D eigenvalue weighted by Gasteiger charge is -2.30. The van der Waals surface area contributed by atoms with E-state index in [1.165, 1.54) is 0 Å². The second kappa shape index (κ2) is 5.88. The highest BCUT2D eigenvalue weighted by atomic mass is 16.3. The fourth-order valence-corrected chi connectivity index (χ4v) is 2.91. The minimum Gasteiger partial charge on any atom is -0.441 e. The van der Waals surface area contributed by atoms with E-state index >= 15 is 0 Å². The first kappa shape index (κ1) is 14.1. The number of hydrogen-bond donors (Lipinski definition) is 0. The summed E-state index contributed by atoms with van der Waals surface area (Å²) in [6.45, 7) is 5.94. The molecule has 0 saturated carbocycles. The van der Waals surface area contributed by atoms with E-state index in [4.69, 9.17) is 4.42 Å². The summed E-state index contributed by atoms with van der Waals surface area (Å²) in [5, 5.41) is 0. The van der Waals surface area contributed by atoms with Crippen LogP contribution in [-0.4, -0.2) is 28.9 Å². The smallest absolute Gasteiger partial charge is 0.222 e. The predicted molar refractivity (Wildman–Crippen MR) is 82.0 cm³/mol. The average Bonchev–Trinajstić information content (AvgIpc) is 2.84. The van der Waals surface area contributed by atoms with Gasteiger partial charge in [-0.3, -0.25) is 4.79 Å². The standard InChI is InChI=1S/C17H22N2O2/c1-12-7-9-19(10-8-12)17(20)6-4-14-3-5-16-15(11-14)18-13(2)21-16/h3,5,11-12H,4,6-10H2,1-2H3. The van der Waals surface area contributed by atoms with Gasteiger partial charge in [0.2, 0.25) is 5.91 Å². The van der Waals surface area contributed by atoms with Gasteiger partial charge < -0.3 is 9.32 Å². The van der Waals surface area contributed by atoms with Crippen molar-refractivity contribution >= 4 is 17.0 Å². The Bertz CT molecular complexity index is 639. The Morgan fingerprint density at radius 2 is 2.14 bits per heavy atom. The lowest BCUT2D eigenvalue weighted by Crippen LogP contribution is -2.37. The van der Waals surface area contributed by atoms with Gasteiger partial charge in [0.15, 0.2) is 11.5 Å². The van der Waals surface area contributed by atoms with Crippen molar-refractivity contribution in [3.63, 3.8) is 0 Å². The summed E-state index contributed by atoms with van der Waals surface area (Å²) in [7, 11) is 0. The highest BCUT2D eigenvalue weighted by Crippen LogP contribution is 2.19. The van der Waals surface area contributed by atoms with Crippen molar-refractivity contribution in [2.75, 3.05) is 13.1 Å². The number of hydrogen-bond acceptors (Lipinski definition) is 3. The number of oxazole rings is 1. The van der Waals surface area contributed by atoms with Crippen molar-refractivity contribution in [3.8, 4) is 0 Å². The van der Waals surface area contributed by atoms with Crippen molar-refractivity contribution in [2.24, 2.45) is 5.92 Å². The molecular weight excluding hydrogens is 264 g/mol. The van der Waals surface area contributed by atoms with Crippen LogP contribution in [0.15, 0.2) is 22.6 Å². The zero-order valence-corrected chi connectivity index (χ0v) is 12.8. The van der Waals surface area contributed by atoms with Crippen LogP contribution >= 0.6 is 0 Å². The zero-order chi connectivity index (χ0) is 14.8. The Balaban J connectivity index is 1.59. The van der Waals surface area contributed by atoms with Crippen LogP contribution in [0.25, 0.3) is 11.1 Å². The van der Waals surface area contributed by atoms with Gasteiger partial charge in [0, 0.05) is 26.4 Å². The molecule has 0 radical (unpaired) electrons. The van der Waals surface area contributed by atoms with Crippen LogP contribution in [0.1, 0.15) is 37.6 Å². The summed E-state index contributed by atoms with van der Waals surface area (Å²) >= 11 is 0. The summed E-state index contributed by atoms with van der Waals surface area (Å²) in [6.07, 6.45) is 3.62. The molecule has 1 fully saturated rings. The second-order valence-electron chi connectivity index (χ2n) is 6.10. The monoisotopic (exact) mass is 286 g/mol. The number of piperidine rings is 1. The van der Waals surface area contributed by atoms with Gasteiger partial charge in [-0.15, -0.1) is 0 Å². The molecule has 1 aromatic heterocycles. The SMILES string of the molecule is Cc1nc2cc(CCC(=O)N3CCC(C)CC3)ccc2o1. The number of carbonyl (C=O) groups excluding carboxylic acids is 1. The quantitative estimate of drug-likeness (QED) is 0.869. The molecule has 0 unspecified atom stereocenters. The summed E-state index contributed by atoms with van der Waals surface area (Å²) in [5.41, 5.74) is 2.84. The van der Waals surface area contributed by atoms with Crippen LogP contribution in [0, 0.1) is 12.8 Å². The minimum atomic E-state index is 0.276. The van der Waals surface area contributed by atoms with Gasteiger partial charge in [-0.05, 0) is 42.9 Å². The molecule has 1 amide bonds. The number of fused-ring (bicyclic) bond motifs is 1. The zero-order valence-electron chi connectivity index (χ0n) is 12.8. The molecule has 2 aromatic rings. The molecule has 0 bridgehead atoms. The van der Waals surface area contributed by atoms with Crippen molar-refractivity contribution in [1.29, 1.82) is 0 Å². The molecule has 0 spiro atoms. The number of aryl methyl sites for hydroxylation is 2. The Morgan fingerprint density at radius 1 is 1.38 bits per heavy atom. The molecule has 112 valence electrons. The Hall–Kier alpha value is -1.84. The maximum absolute atomic E-state index is 12.2. The number of likely N-dealkylation sites (tertiary alicyclic amines) is 1. The van der Waals surface area contributed by atoms with E-state index in [9.17, 15) is 4.79 Å². The van der Waals surface area contributed by atoms with E-state index in [0.717, 1.165) is 54.9 Å². The first-order valence-corrected chi connectivity index (χ1v) is 7.75. The van der Waals surface area contributed by atoms with Gasteiger partial charge in [0.05, 0.1) is 0 Å². The highest BCUT2D eigenvalue weighted by Gasteiger charge is 2.19. The number of nitrogens with zero attached hydrogens (tertiary/aromatic N) is 2. The number of amides is 1. The molecule has 21 heavy (non-hydrogen) atoms. The minimum absolute atomic E-state index is 0.276. The molecule has 4 heteroatoms. The van der Waals surface area contributed by atoms with E-state index in [1.54, 1.807) is 0 Å². The topological polar surface area (TPSA) is 46.3 Å². The van der Waals surface area contributed by atoms with Gasteiger partial charge in [0.1, 0.15) is 5.52 Å². The van der Waals surface area contributed by atoms with Crippen LogP contribution in [0.2, 0.25) is 0 Å². The summed E-state index contributed by atoms with van der Waals surface area (Å²) < 4.78 is 5.47. The fourth-order valence-electron chi connectivity index (χ4n) is 2.91. The lowest BCUT2D eigenvalue weighted by molar-refractivity contribution is -0.132. The third-order valence-electron chi connectivity index (χ3n) is 4.32. The molecule has 3 rings (SSSR count). The average molecular weight is 286 g/mol. The second-order valence-corrected chi connectivity index (χ2v) is 6.10. The van der Waals surface area contributed by atoms with Crippen molar-refractivity contribution in [1.82, 2.24) is 9.88 Å². The molecular formula is C17H22N2O2. The first-order chi connectivity index (χ1) is 10.1.